The number of rotatable bonds is 39. The van der Waals surface area contributed by atoms with Gasteiger partial charge in [-0.15, -0.1) is 0 Å². The van der Waals surface area contributed by atoms with Gasteiger partial charge >= 0.3 is 71.6 Å². The molecule has 5 aliphatic rings. The van der Waals surface area contributed by atoms with Crippen molar-refractivity contribution in [3.05, 3.63) is 108 Å². The van der Waals surface area contributed by atoms with Crippen LogP contribution in [0.4, 0.5) is 0 Å². The summed E-state index contributed by atoms with van der Waals surface area (Å²) in [7, 11) is 0.816. The number of nitrogens with one attached hydrogen (secondary N) is 2. The zero-order valence-corrected chi connectivity index (χ0v) is 70.5. The molecule has 0 spiro atoms. The van der Waals surface area contributed by atoms with E-state index in [-0.39, 0.29) is 26.4 Å². The molecule has 2 N–H and O–H groups in total. The molecule has 0 saturated carbocycles. The van der Waals surface area contributed by atoms with Crippen molar-refractivity contribution in [2.45, 2.75) is 276 Å². The van der Waals surface area contributed by atoms with Gasteiger partial charge in [0.1, 0.15) is 106 Å². The first kappa shape index (κ1) is 98.2. The molecule has 0 radical (unpaired) electrons. The third-order valence-electron chi connectivity index (χ3n) is 19.0. The van der Waals surface area contributed by atoms with E-state index >= 15 is 4.79 Å². The van der Waals surface area contributed by atoms with E-state index in [9.17, 15) is 62.3 Å². The number of hydrogen-bond acceptors (Lipinski definition) is 39. The van der Waals surface area contributed by atoms with Gasteiger partial charge in [0.25, 0.3) is 5.79 Å². The molecule has 41 nitrogen and oxygen atoms in total. The maximum absolute atomic E-state index is 15.5. The van der Waals surface area contributed by atoms with E-state index in [1.54, 1.807) is 67.6 Å². The second kappa shape index (κ2) is 47.0. The van der Waals surface area contributed by atoms with Crippen LogP contribution in [0.2, 0.25) is 0 Å². The summed E-state index contributed by atoms with van der Waals surface area (Å²) in [5.41, 5.74) is 2.02. The molecule has 5 fully saturated rings. The Morgan fingerprint density at radius 1 is 0.398 bits per heavy atom. The molecule has 678 valence electrons. The summed E-state index contributed by atoms with van der Waals surface area (Å²) >= 11 is 0. The number of methoxy groups -OCH3 is 1. The first-order chi connectivity index (χ1) is 58.5. The molecule has 123 heavy (non-hydrogen) atoms. The van der Waals surface area contributed by atoms with Crippen LogP contribution in [-0.2, 0) is 205 Å². The van der Waals surface area contributed by atoms with Crippen LogP contribution in [-0.4, -0.2) is 283 Å². The van der Waals surface area contributed by atoms with Gasteiger partial charge in [0, 0.05) is 96.6 Å². The Labute approximate surface area is 707 Å². The summed E-state index contributed by atoms with van der Waals surface area (Å²) in [5, 5.41) is 5.34. The highest BCUT2D eigenvalue weighted by Gasteiger charge is 2.65. The smallest absolute Gasteiger partial charge is 0.366 e. The Balaban J connectivity index is 1.43. The topological polar surface area (TPSA) is 494 Å². The molecular formula is C82H106N2O39. The lowest BCUT2D eigenvalue weighted by atomic mass is 9.87. The fourth-order valence-electron chi connectivity index (χ4n) is 14.4. The first-order valence-electron chi connectivity index (χ1n) is 39.3. The van der Waals surface area contributed by atoms with E-state index in [4.69, 9.17) is 118 Å². The van der Waals surface area contributed by atoms with Crippen LogP contribution in [0.3, 0.4) is 0 Å². The van der Waals surface area contributed by atoms with Gasteiger partial charge in [-0.2, -0.15) is 0 Å². The van der Waals surface area contributed by atoms with Gasteiger partial charge in [0.05, 0.1) is 46.0 Å². The number of hydrogen-bond donors (Lipinski definition) is 2. The van der Waals surface area contributed by atoms with Crippen molar-refractivity contribution < 1.29 is 186 Å². The first-order valence-corrected chi connectivity index (χ1v) is 39.3. The van der Waals surface area contributed by atoms with Gasteiger partial charge in [-0.1, -0.05) is 91.0 Å². The van der Waals surface area contributed by atoms with Crippen LogP contribution in [0.1, 0.15) is 120 Å². The van der Waals surface area contributed by atoms with E-state index < -0.39 is 276 Å². The van der Waals surface area contributed by atoms with Gasteiger partial charge in [-0.05, 0) is 23.6 Å². The molecule has 5 saturated heterocycles. The number of benzene rings is 3. The van der Waals surface area contributed by atoms with Crippen molar-refractivity contribution in [3.63, 3.8) is 0 Å². The highest BCUT2D eigenvalue weighted by Crippen LogP contribution is 2.44. The molecule has 3 aromatic rings. The molecule has 8 rings (SSSR count). The molecule has 3 aromatic carbocycles. The van der Waals surface area contributed by atoms with E-state index in [1.165, 1.54) is 0 Å². The van der Waals surface area contributed by atoms with Crippen molar-refractivity contribution in [1.82, 2.24) is 10.6 Å². The lowest BCUT2D eigenvalue weighted by Crippen LogP contribution is -2.73. The summed E-state index contributed by atoms with van der Waals surface area (Å²) < 4.78 is 158. The van der Waals surface area contributed by atoms with Crippen molar-refractivity contribution in [2.75, 3.05) is 46.8 Å². The zero-order chi connectivity index (χ0) is 89.9. The standard InChI is InChI=1S/C82H106N2O39/c1-16-100-79-75(114-52(13)96)72(68(112-50(11)94)61(117-79)39-103-45(6)89)121-77-64(84-42(3)86)70(120-78-74(107-35-56-30-24-19-25-31-56)65(106-34-55-28-22-18-23-29-55)58(36-108-78)105-33-54-26-20-17-21-27-54)66(60(116-77)38-102-44(5)88)119-80-76(115-53(14)97)73(69(113-51(12)95)62(118-80)40-104-46(7)90)123-82(81(98)99-15)32-57(109-47(8)91)63(83-41(2)85)71(122-82)67(111-49(10)93)59(110-48(9)92)37-101-43(4)87/h17-31,57-80H,16,32-40H2,1-15H3,(H,83,85)(H,84,86)/t57-,58+,59+,60+,61+,62+,63+,64+,65+,66+,67+,68-,69-,70+,71+,72-,73-,74-,75+,76+,77-,78-,79+,80-,82-/m0/s1. The summed E-state index contributed by atoms with van der Waals surface area (Å²) in [6.45, 7) is 9.68. The van der Waals surface area contributed by atoms with Gasteiger partial charge in [0.2, 0.25) is 11.8 Å². The summed E-state index contributed by atoms with van der Waals surface area (Å²) in [4.78, 5) is 191. The predicted molar refractivity (Wildman–Crippen MR) is 407 cm³/mol. The number of ether oxygens (including phenoxy) is 25. The third kappa shape index (κ3) is 28.9. The lowest BCUT2D eigenvalue weighted by molar-refractivity contribution is -0.397. The molecule has 25 atom stereocenters. The quantitative estimate of drug-likeness (QED) is 0.0611. The van der Waals surface area contributed by atoms with Crippen LogP contribution in [0.5, 0.6) is 0 Å². The molecule has 2 amide bonds. The Hall–Kier alpha value is -10.3. The van der Waals surface area contributed by atoms with Gasteiger partial charge < -0.3 is 129 Å². The minimum absolute atomic E-state index is 0.0116. The van der Waals surface area contributed by atoms with E-state index in [0.29, 0.717) is 11.1 Å². The van der Waals surface area contributed by atoms with Gasteiger partial charge in [-0.3, -0.25) is 62.3 Å². The van der Waals surface area contributed by atoms with Gasteiger partial charge in [0.15, 0.2) is 61.8 Å². The van der Waals surface area contributed by atoms with Crippen LogP contribution >= 0.6 is 0 Å². The second-order valence-corrected chi connectivity index (χ2v) is 28.9. The minimum atomic E-state index is -3.31. The molecule has 0 aliphatic carbocycles. The van der Waals surface area contributed by atoms with E-state index in [2.05, 4.69) is 10.6 Å². The maximum Gasteiger partial charge on any atom is 0.366 e. The average Bonchev–Trinajstić information content (AvgIpc) is 0.740. The van der Waals surface area contributed by atoms with Crippen LogP contribution in [0.15, 0.2) is 91.0 Å². The largest absolute Gasteiger partial charge is 0.465 e. The van der Waals surface area contributed by atoms with Crippen LogP contribution in [0, 0.1) is 0 Å². The minimum Gasteiger partial charge on any atom is -0.465 e. The predicted octanol–water partition coefficient (Wildman–Crippen LogP) is 2.29. The molecule has 0 unspecified atom stereocenters. The fourth-order valence-corrected chi connectivity index (χ4v) is 14.4. The number of amides is 2. The molecule has 5 aliphatic heterocycles. The van der Waals surface area contributed by atoms with E-state index in [0.717, 1.165) is 103 Å². The SMILES string of the molecule is CCO[C@@H]1O[C@H](COC(C)=O)[C@H](OC(C)=O)[C@H](O[C@@H]2O[C@H](COC(C)=O)[C@@H](O[C@@H]3O[C@H](COC(C)=O)[C@H](OC(C)=O)[C@H](O[C@]4(C(=O)OC)C[C@H](OC(C)=O)[C@@H](NC(C)=O)[C@H]([C@H](OC(C)=O)[C@@H](COC(C)=O)OC(C)=O)O4)[C@H]3OC(C)=O)[C@H](O[C@@H]3OC[C@@H](OCc4ccccc4)[C@@H](OCc4ccccc4)[C@@H]3OCc3ccccc3)[C@H]2NC(C)=O)[C@H]1OC(C)=O. The lowest BCUT2D eigenvalue weighted by Gasteiger charge is -2.53. The van der Waals surface area contributed by atoms with Crippen molar-refractivity contribution in [3.8, 4) is 0 Å². The highest BCUT2D eigenvalue weighted by atomic mass is 16.8. The number of carbonyl (C=O) groups excluding carboxylic acids is 14. The summed E-state index contributed by atoms with van der Waals surface area (Å²) in [6, 6.07) is 23.1. The van der Waals surface area contributed by atoms with Gasteiger partial charge in [-0.25, -0.2) is 4.79 Å². The Kier molecular flexibility index (Phi) is 37.5. The Morgan fingerprint density at radius 2 is 0.821 bits per heavy atom. The molecule has 0 aromatic heterocycles. The highest BCUT2D eigenvalue weighted by molar-refractivity contribution is 5.79. The fraction of sp³-hybridized carbons (Fsp3) is 0.610. The number of esters is 12. The maximum atomic E-state index is 15.5. The normalized spacial score (nSPS) is 29.7. The van der Waals surface area contributed by atoms with Crippen molar-refractivity contribution in [2.24, 2.45) is 0 Å². The van der Waals surface area contributed by atoms with Crippen LogP contribution in [0.25, 0.3) is 0 Å². The monoisotopic (exact) mass is 1740 g/mol. The molecular weight excluding hydrogens is 1640 g/mol. The summed E-state index contributed by atoms with van der Waals surface area (Å²) in [6.07, 6.45) is -43.6. The van der Waals surface area contributed by atoms with Crippen molar-refractivity contribution in [1.29, 1.82) is 0 Å². The summed E-state index contributed by atoms with van der Waals surface area (Å²) in [5.74, 6) is -18.4. The zero-order valence-electron chi connectivity index (χ0n) is 70.5. The Bertz CT molecular complexity index is 4060. The molecule has 5 heterocycles. The molecule has 0 bridgehead atoms. The third-order valence-corrected chi connectivity index (χ3v) is 19.0. The second-order valence-electron chi connectivity index (χ2n) is 28.9. The Morgan fingerprint density at radius 3 is 1.28 bits per heavy atom. The molecule has 41 heteroatoms. The van der Waals surface area contributed by atoms with Crippen molar-refractivity contribution >= 4 is 83.4 Å². The van der Waals surface area contributed by atoms with E-state index in [1.807, 2.05) is 30.3 Å². The van der Waals surface area contributed by atoms with Crippen LogP contribution < -0.4 is 10.6 Å². The average molecular weight is 1740 g/mol. The number of carbonyl (C=O) groups is 14.